The molecule has 0 spiro atoms. The summed E-state index contributed by atoms with van der Waals surface area (Å²) in [5, 5.41) is 21.2. The van der Waals surface area contributed by atoms with Gasteiger partial charge < -0.3 is 26.0 Å². The lowest BCUT2D eigenvalue weighted by atomic mass is 9.54. The molecule has 3 unspecified atom stereocenters. The van der Waals surface area contributed by atoms with E-state index in [1.54, 1.807) is 0 Å². The summed E-state index contributed by atoms with van der Waals surface area (Å²) >= 11 is 0. The highest BCUT2D eigenvalue weighted by molar-refractivity contribution is 5.88. The van der Waals surface area contributed by atoms with Crippen molar-refractivity contribution in [3.63, 3.8) is 0 Å². The van der Waals surface area contributed by atoms with Gasteiger partial charge in [0.2, 0.25) is 5.91 Å². The van der Waals surface area contributed by atoms with Crippen LogP contribution in [0.4, 0.5) is 0 Å². The fraction of sp³-hybridized carbons (Fsp3) is 0.923. The molecular formula is C13H26N2O4. The Balaban J connectivity index is 2.63. The van der Waals surface area contributed by atoms with Crippen molar-refractivity contribution in [2.45, 2.75) is 51.4 Å². The Morgan fingerprint density at radius 3 is 2.58 bits per heavy atom. The molecule has 112 valence electrons. The van der Waals surface area contributed by atoms with Crippen LogP contribution in [-0.4, -0.2) is 53.1 Å². The van der Waals surface area contributed by atoms with Crippen molar-refractivity contribution in [1.82, 2.24) is 5.32 Å². The van der Waals surface area contributed by atoms with Crippen LogP contribution < -0.4 is 11.1 Å². The molecule has 0 heterocycles. The number of nitrogens with one attached hydrogen (secondary N) is 1. The number of ether oxygens (including phenoxy) is 1. The monoisotopic (exact) mass is 274 g/mol. The molecule has 1 rings (SSSR count). The van der Waals surface area contributed by atoms with Crippen LogP contribution in [0.1, 0.15) is 34.1 Å². The fourth-order valence-electron chi connectivity index (χ4n) is 2.30. The predicted molar refractivity (Wildman–Crippen MR) is 71.4 cm³/mol. The first-order valence-electron chi connectivity index (χ1n) is 6.63. The number of rotatable bonds is 6. The summed E-state index contributed by atoms with van der Waals surface area (Å²) in [5.74, 6) is -0.317. The summed E-state index contributed by atoms with van der Waals surface area (Å²) in [6.07, 6.45) is 0.424. The molecule has 1 aliphatic carbocycles. The third kappa shape index (κ3) is 2.91. The largest absolute Gasteiger partial charge is 0.393 e. The Kier molecular flexibility index (Phi) is 4.62. The molecule has 1 saturated carbocycles. The number of carbonyl (C=O) groups is 1. The lowest BCUT2D eigenvalue weighted by molar-refractivity contribution is -0.171. The Morgan fingerprint density at radius 1 is 1.58 bits per heavy atom. The van der Waals surface area contributed by atoms with Gasteiger partial charge in [0, 0.05) is 25.0 Å². The van der Waals surface area contributed by atoms with Crippen molar-refractivity contribution in [2.24, 2.45) is 11.1 Å². The molecule has 1 aliphatic rings. The third-order valence-corrected chi connectivity index (χ3v) is 4.21. The van der Waals surface area contributed by atoms with Crippen molar-refractivity contribution < 1.29 is 19.7 Å². The van der Waals surface area contributed by atoms with Crippen molar-refractivity contribution in [1.29, 1.82) is 0 Å². The molecular weight excluding hydrogens is 248 g/mol. The predicted octanol–water partition coefficient (Wildman–Crippen LogP) is -0.622. The fourth-order valence-corrected chi connectivity index (χ4v) is 2.30. The van der Waals surface area contributed by atoms with E-state index in [9.17, 15) is 9.90 Å². The zero-order chi connectivity index (χ0) is 14.9. The molecule has 0 aliphatic heterocycles. The summed E-state index contributed by atoms with van der Waals surface area (Å²) in [6.45, 7) is 7.30. The van der Waals surface area contributed by atoms with Crippen LogP contribution in [0.5, 0.6) is 0 Å². The standard InChI is InChI=1S/C13H26N2O4/c1-5-19-9-6-13(14,11(9,2)3)10(17)15-7-12(4,18)8-16/h9,16,18H,5-8,14H2,1-4H3,(H,15,17). The number of aliphatic hydroxyl groups is 2. The smallest absolute Gasteiger partial charge is 0.240 e. The highest BCUT2D eigenvalue weighted by atomic mass is 16.5. The summed E-state index contributed by atoms with van der Waals surface area (Å²) < 4.78 is 5.56. The maximum atomic E-state index is 12.2. The van der Waals surface area contributed by atoms with Crippen molar-refractivity contribution in [3.05, 3.63) is 0 Å². The minimum Gasteiger partial charge on any atom is -0.393 e. The maximum absolute atomic E-state index is 12.2. The van der Waals surface area contributed by atoms with Crippen LogP contribution in [0.15, 0.2) is 0 Å². The molecule has 6 nitrogen and oxygen atoms in total. The molecule has 0 aromatic rings. The molecule has 19 heavy (non-hydrogen) atoms. The quantitative estimate of drug-likeness (QED) is 0.516. The van der Waals surface area contributed by atoms with E-state index in [2.05, 4.69) is 5.32 Å². The molecule has 3 atom stereocenters. The van der Waals surface area contributed by atoms with Crippen molar-refractivity contribution in [2.75, 3.05) is 19.8 Å². The topological polar surface area (TPSA) is 105 Å². The average molecular weight is 274 g/mol. The van der Waals surface area contributed by atoms with Gasteiger partial charge >= 0.3 is 0 Å². The Hall–Kier alpha value is -0.690. The van der Waals surface area contributed by atoms with E-state index in [-0.39, 0.29) is 18.6 Å². The van der Waals surface area contributed by atoms with E-state index in [1.165, 1.54) is 6.92 Å². The molecule has 1 fully saturated rings. The van der Waals surface area contributed by atoms with Crippen LogP contribution in [0, 0.1) is 5.41 Å². The number of aliphatic hydroxyl groups excluding tert-OH is 1. The zero-order valence-corrected chi connectivity index (χ0v) is 12.2. The molecule has 5 N–H and O–H groups in total. The van der Waals surface area contributed by atoms with E-state index >= 15 is 0 Å². The van der Waals surface area contributed by atoms with Gasteiger partial charge in [0.25, 0.3) is 0 Å². The second-order valence-corrected chi connectivity index (χ2v) is 6.18. The minimum atomic E-state index is -1.33. The highest BCUT2D eigenvalue weighted by Gasteiger charge is 2.62. The van der Waals surface area contributed by atoms with Crippen LogP contribution in [0.2, 0.25) is 0 Å². The number of hydrogen-bond acceptors (Lipinski definition) is 5. The van der Waals surface area contributed by atoms with Gasteiger partial charge in [-0.25, -0.2) is 0 Å². The van der Waals surface area contributed by atoms with Crippen LogP contribution >= 0.6 is 0 Å². The summed E-state index contributed by atoms with van der Waals surface area (Å²) in [4.78, 5) is 12.2. The van der Waals surface area contributed by atoms with Crippen molar-refractivity contribution >= 4 is 5.91 Å². The molecule has 0 radical (unpaired) electrons. The minimum absolute atomic E-state index is 0.0311. The van der Waals surface area contributed by atoms with Gasteiger partial charge in [-0.05, 0) is 13.8 Å². The molecule has 0 aromatic heterocycles. The van der Waals surface area contributed by atoms with Gasteiger partial charge in [-0.15, -0.1) is 0 Å². The zero-order valence-electron chi connectivity index (χ0n) is 12.2. The summed E-state index contributed by atoms with van der Waals surface area (Å²) in [6, 6.07) is 0. The first-order chi connectivity index (χ1) is 8.60. The van der Waals surface area contributed by atoms with E-state index in [1.807, 2.05) is 20.8 Å². The maximum Gasteiger partial charge on any atom is 0.240 e. The van der Waals surface area contributed by atoms with Gasteiger partial charge in [0.15, 0.2) is 0 Å². The van der Waals surface area contributed by atoms with Crippen LogP contribution in [0.25, 0.3) is 0 Å². The summed E-state index contributed by atoms with van der Waals surface area (Å²) in [5.41, 5.74) is 3.38. The van der Waals surface area contributed by atoms with Gasteiger partial charge in [-0.2, -0.15) is 0 Å². The van der Waals surface area contributed by atoms with E-state index in [0.717, 1.165) is 0 Å². The normalized spacial score (nSPS) is 32.3. The van der Waals surface area contributed by atoms with E-state index in [0.29, 0.717) is 13.0 Å². The van der Waals surface area contributed by atoms with Gasteiger partial charge in [-0.1, -0.05) is 13.8 Å². The number of carbonyl (C=O) groups excluding carboxylic acids is 1. The van der Waals surface area contributed by atoms with Crippen LogP contribution in [-0.2, 0) is 9.53 Å². The number of nitrogens with two attached hydrogens (primary N) is 1. The highest BCUT2D eigenvalue weighted by Crippen LogP contribution is 2.49. The van der Waals surface area contributed by atoms with Gasteiger partial charge in [0.05, 0.1) is 12.7 Å². The molecule has 0 saturated heterocycles. The Labute approximate surface area is 114 Å². The second kappa shape index (κ2) is 5.36. The molecule has 0 aromatic carbocycles. The third-order valence-electron chi connectivity index (χ3n) is 4.21. The van der Waals surface area contributed by atoms with E-state index < -0.39 is 23.2 Å². The number of hydrogen-bond donors (Lipinski definition) is 4. The lowest BCUT2D eigenvalue weighted by Crippen LogP contribution is -2.76. The SMILES string of the molecule is CCOC1CC(N)(C(=O)NCC(C)(O)CO)C1(C)C. The average Bonchev–Trinajstić information content (AvgIpc) is 2.35. The lowest BCUT2D eigenvalue weighted by Gasteiger charge is -2.57. The molecule has 1 amide bonds. The number of amides is 1. The van der Waals surface area contributed by atoms with Gasteiger partial charge in [-0.3, -0.25) is 4.79 Å². The molecule has 0 bridgehead atoms. The Morgan fingerprint density at radius 2 is 2.16 bits per heavy atom. The van der Waals surface area contributed by atoms with E-state index in [4.69, 9.17) is 15.6 Å². The van der Waals surface area contributed by atoms with Crippen molar-refractivity contribution in [3.8, 4) is 0 Å². The molecule has 6 heteroatoms. The van der Waals surface area contributed by atoms with Crippen LogP contribution in [0.3, 0.4) is 0 Å². The first-order valence-corrected chi connectivity index (χ1v) is 6.63. The first kappa shape index (κ1) is 16.4. The second-order valence-electron chi connectivity index (χ2n) is 6.18. The summed E-state index contributed by atoms with van der Waals surface area (Å²) in [7, 11) is 0. The Bertz CT molecular complexity index is 344. The van der Waals surface area contributed by atoms with Gasteiger partial charge in [0.1, 0.15) is 11.1 Å².